The van der Waals surface area contributed by atoms with Crippen molar-refractivity contribution in [2.24, 2.45) is 0 Å². The Hall–Kier alpha value is -4.53. The van der Waals surface area contributed by atoms with Crippen LogP contribution in [0.15, 0.2) is 77.0 Å². The number of benzene rings is 3. The SMILES string of the molecule is COc1ccc(C2NC(=O)N(c3ccc(F)c(F)c3)C(C)=C2c2nc(-c3cccc(C)c3)no2)cc1. The summed E-state index contributed by atoms with van der Waals surface area (Å²) in [6.07, 6.45) is 0. The van der Waals surface area contributed by atoms with E-state index in [2.05, 4.69) is 15.5 Å². The van der Waals surface area contributed by atoms with Crippen molar-refractivity contribution >= 4 is 17.3 Å². The van der Waals surface area contributed by atoms with Crippen molar-refractivity contribution in [2.45, 2.75) is 19.9 Å². The number of aryl methyl sites for hydroxylation is 1. The van der Waals surface area contributed by atoms with Gasteiger partial charge >= 0.3 is 6.03 Å². The average Bonchev–Trinajstić information content (AvgIpc) is 3.36. The first-order chi connectivity index (χ1) is 17.4. The monoisotopic (exact) mass is 488 g/mol. The van der Waals surface area contributed by atoms with Gasteiger partial charge in [-0.15, -0.1) is 0 Å². The molecule has 0 saturated heterocycles. The van der Waals surface area contributed by atoms with Gasteiger partial charge in [0.25, 0.3) is 5.89 Å². The maximum Gasteiger partial charge on any atom is 0.327 e. The molecule has 9 heteroatoms. The van der Waals surface area contributed by atoms with Gasteiger partial charge in [0, 0.05) is 17.3 Å². The number of nitrogens with one attached hydrogen (secondary N) is 1. The predicted octanol–water partition coefficient (Wildman–Crippen LogP) is 6.03. The number of carbonyl (C=O) groups is 1. The van der Waals surface area contributed by atoms with Crippen molar-refractivity contribution in [3.8, 4) is 17.1 Å². The minimum atomic E-state index is -1.06. The highest BCUT2D eigenvalue weighted by molar-refractivity contribution is 6.01. The van der Waals surface area contributed by atoms with E-state index in [9.17, 15) is 13.6 Å². The third-order valence-corrected chi connectivity index (χ3v) is 6.03. The minimum Gasteiger partial charge on any atom is -0.497 e. The molecule has 36 heavy (non-hydrogen) atoms. The van der Waals surface area contributed by atoms with E-state index in [1.54, 1.807) is 26.2 Å². The zero-order chi connectivity index (χ0) is 25.4. The molecular weight excluding hydrogens is 466 g/mol. The van der Waals surface area contributed by atoms with Crippen LogP contribution in [0.25, 0.3) is 17.0 Å². The summed E-state index contributed by atoms with van der Waals surface area (Å²) >= 11 is 0. The maximum atomic E-state index is 14.0. The molecule has 1 aliphatic heterocycles. The number of hydrogen-bond acceptors (Lipinski definition) is 5. The topological polar surface area (TPSA) is 80.5 Å². The molecule has 3 aromatic carbocycles. The number of amides is 2. The minimum absolute atomic E-state index is 0.160. The lowest BCUT2D eigenvalue weighted by Gasteiger charge is -2.35. The number of rotatable bonds is 5. The Morgan fingerprint density at radius 1 is 1.00 bits per heavy atom. The zero-order valence-corrected chi connectivity index (χ0v) is 19.8. The molecule has 5 rings (SSSR count). The fourth-order valence-corrected chi connectivity index (χ4v) is 4.24. The van der Waals surface area contributed by atoms with E-state index < -0.39 is 23.7 Å². The average molecular weight is 488 g/mol. The van der Waals surface area contributed by atoms with Gasteiger partial charge in [0.1, 0.15) is 5.75 Å². The van der Waals surface area contributed by atoms with Crippen molar-refractivity contribution < 1.29 is 22.8 Å². The van der Waals surface area contributed by atoms with Crippen molar-refractivity contribution in [2.75, 3.05) is 12.0 Å². The van der Waals surface area contributed by atoms with Crippen molar-refractivity contribution in [1.29, 1.82) is 0 Å². The first-order valence-electron chi connectivity index (χ1n) is 11.2. The summed E-state index contributed by atoms with van der Waals surface area (Å²) in [5.74, 6) is -0.831. The van der Waals surface area contributed by atoms with Crippen LogP contribution in [0.1, 0.15) is 30.0 Å². The van der Waals surface area contributed by atoms with E-state index in [1.807, 2.05) is 43.3 Å². The van der Waals surface area contributed by atoms with Crippen LogP contribution in [0.3, 0.4) is 0 Å². The smallest absolute Gasteiger partial charge is 0.327 e. The van der Waals surface area contributed by atoms with Gasteiger partial charge in [0.2, 0.25) is 5.82 Å². The summed E-state index contributed by atoms with van der Waals surface area (Å²) in [4.78, 5) is 19.1. The highest BCUT2D eigenvalue weighted by Gasteiger charge is 2.36. The van der Waals surface area contributed by atoms with Gasteiger partial charge in [-0.25, -0.2) is 13.6 Å². The third-order valence-electron chi connectivity index (χ3n) is 6.03. The molecule has 0 bridgehead atoms. The van der Waals surface area contributed by atoms with Gasteiger partial charge < -0.3 is 14.6 Å². The lowest BCUT2D eigenvalue weighted by atomic mass is 9.94. The first-order valence-corrected chi connectivity index (χ1v) is 11.2. The van der Waals surface area contributed by atoms with Gasteiger partial charge in [0.05, 0.1) is 24.4 Å². The second-order valence-corrected chi connectivity index (χ2v) is 8.38. The van der Waals surface area contributed by atoms with E-state index in [1.165, 1.54) is 11.0 Å². The molecule has 0 radical (unpaired) electrons. The van der Waals surface area contributed by atoms with Gasteiger partial charge in [-0.3, -0.25) is 4.90 Å². The van der Waals surface area contributed by atoms with Crippen LogP contribution in [0.2, 0.25) is 0 Å². The molecule has 0 spiro atoms. The number of methoxy groups -OCH3 is 1. The number of halogens is 2. The molecule has 0 aliphatic carbocycles. The van der Waals surface area contributed by atoms with Crippen LogP contribution < -0.4 is 15.0 Å². The second-order valence-electron chi connectivity index (χ2n) is 8.38. The molecule has 2 heterocycles. The number of aromatic nitrogens is 2. The molecule has 7 nitrogen and oxygen atoms in total. The van der Waals surface area contributed by atoms with Gasteiger partial charge in [-0.2, -0.15) is 4.98 Å². The van der Waals surface area contributed by atoms with Crippen molar-refractivity contribution in [1.82, 2.24) is 15.5 Å². The van der Waals surface area contributed by atoms with Crippen LogP contribution in [-0.2, 0) is 0 Å². The zero-order valence-electron chi connectivity index (χ0n) is 19.8. The van der Waals surface area contributed by atoms with E-state index >= 15 is 0 Å². The van der Waals surface area contributed by atoms with Crippen LogP contribution in [-0.4, -0.2) is 23.3 Å². The fourth-order valence-electron chi connectivity index (χ4n) is 4.24. The summed E-state index contributed by atoms with van der Waals surface area (Å²) < 4.78 is 38.6. The number of urea groups is 1. The Bertz CT molecular complexity index is 1480. The second kappa shape index (κ2) is 9.26. The van der Waals surface area contributed by atoms with Crippen LogP contribution in [0.5, 0.6) is 5.75 Å². The Morgan fingerprint density at radius 3 is 2.47 bits per heavy atom. The molecule has 0 fully saturated rings. The van der Waals surface area contributed by atoms with E-state index in [0.717, 1.165) is 28.8 Å². The molecule has 1 atom stereocenters. The summed E-state index contributed by atoms with van der Waals surface area (Å²) in [7, 11) is 1.57. The highest BCUT2D eigenvalue weighted by Crippen LogP contribution is 2.39. The Labute approximate surface area is 206 Å². The van der Waals surface area contributed by atoms with Crippen LogP contribution in [0.4, 0.5) is 19.3 Å². The lowest BCUT2D eigenvalue weighted by molar-refractivity contribution is 0.244. The number of anilines is 1. The number of nitrogens with zero attached hydrogens (tertiary/aromatic N) is 3. The largest absolute Gasteiger partial charge is 0.497 e. The molecule has 1 aliphatic rings. The number of allylic oxidation sites excluding steroid dienone is 1. The lowest BCUT2D eigenvalue weighted by Crippen LogP contribution is -2.46. The van der Waals surface area contributed by atoms with E-state index in [4.69, 9.17) is 9.26 Å². The quantitative estimate of drug-likeness (QED) is 0.371. The first kappa shape index (κ1) is 23.2. The molecule has 182 valence electrons. The Kier molecular flexibility index (Phi) is 5.97. The standard InChI is InChI=1S/C27H22F2N4O3/c1-15-5-4-6-18(13-15)25-31-26(36-32-25)23-16(2)33(19-9-12-21(28)22(29)14-19)27(34)30-24(23)17-7-10-20(35-3)11-8-17/h4-14,24H,1-3H3,(H,30,34). The summed E-state index contributed by atoms with van der Waals surface area (Å²) in [5, 5.41) is 7.09. The maximum absolute atomic E-state index is 14.0. The van der Waals surface area contributed by atoms with Gasteiger partial charge in [-0.05, 0) is 49.7 Å². The highest BCUT2D eigenvalue weighted by atomic mass is 19.2. The molecule has 1 N–H and O–H groups in total. The summed E-state index contributed by atoms with van der Waals surface area (Å²) in [5.41, 5.74) is 3.69. The Balaban J connectivity index is 1.65. The molecular formula is C27H22F2N4O3. The molecule has 0 saturated carbocycles. The fraction of sp³-hybridized carbons (Fsp3) is 0.148. The number of ether oxygens (including phenoxy) is 1. The Morgan fingerprint density at radius 2 is 1.78 bits per heavy atom. The third kappa shape index (κ3) is 4.19. The van der Waals surface area contributed by atoms with Crippen LogP contribution in [0, 0.1) is 18.6 Å². The van der Waals surface area contributed by atoms with E-state index in [0.29, 0.717) is 22.8 Å². The number of hydrogen-bond donors (Lipinski definition) is 1. The van der Waals surface area contributed by atoms with E-state index in [-0.39, 0.29) is 11.6 Å². The summed E-state index contributed by atoms with van der Waals surface area (Å²) in [6.45, 7) is 3.66. The van der Waals surface area contributed by atoms with Crippen molar-refractivity contribution in [3.63, 3.8) is 0 Å². The number of carbonyl (C=O) groups excluding carboxylic acids is 1. The molecule has 2 amide bonds. The molecule has 1 aromatic heterocycles. The summed E-state index contributed by atoms with van der Waals surface area (Å²) in [6, 6.07) is 17.0. The molecule has 4 aromatic rings. The molecule has 1 unspecified atom stereocenters. The van der Waals surface area contributed by atoms with Gasteiger partial charge in [-0.1, -0.05) is 41.1 Å². The van der Waals surface area contributed by atoms with Crippen LogP contribution >= 0.6 is 0 Å². The predicted molar refractivity (Wildman–Crippen MR) is 130 cm³/mol. The van der Waals surface area contributed by atoms with Crippen molar-refractivity contribution in [3.05, 3.63) is 101 Å². The van der Waals surface area contributed by atoms with Gasteiger partial charge in [0.15, 0.2) is 11.6 Å². The normalized spacial score (nSPS) is 15.8.